The number of imidazole rings is 1. The summed E-state index contributed by atoms with van der Waals surface area (Å²) in [6.07, 6.45) is 1.82. The molecule has 0 radical (unpaired) electrons. The summed E-state index contributed by atoms with van der Waals surface area (Å²) in [6.45, 7) is 0.307. The summed E-state index contributed by atoms with van der Waals surface area (Å²) in [5.41, 5.74) is 3.40. The first kappa shape index (κ1) is 16.0. The lowest BCUT2D eigenvalue weighted by molar-refractivity contribution is 0.0940. The largest absolute Gasteiger partial charge is 0.345 e. The van der Waals surface area contributed by atoms with E-state index in [0.29, 0.717) is 12.4 Å². The standard InChI is InChI=1S/C21H16FN3O/c22-17-11-9-15(10-12-17)14-23-21(26)20-24-19(16-6-2-1-3-7-16)18-8-4-5-13-25(18)20/h1-13H,14H2,(H,23,26). The van der Waals surface area contributed by atoms with Gasteiger partial charge in [0.25, 0.3) is 5.91 Å². The number of carbonyl (C=O) groups is 1. The molecule has 4 nitrogen and oxygen atoms in total. The van der Waals surface area contributed by atoms with Gasteiger partial charge in [-0.2, -0.15) is 0 Å². The number of nitrogens with zero attached hydrogens (tertiary/aromatic N) is 2. The predicted molar refractivity (Wildman–Crippen MR) is 98.2 cm³/mol. The lowest BCUT2D eigenvalue weighted by atomic mass is 10.1. The van der Waals surface area contributed by atoms with Gasteiger partial charge in [-0.3, -0.25) is 9.20 Å². The van der Waals surface area contributed by atoms with Crippen LogP contribution in [0.2, 0.25) is 0 Å². The molecule has 0 spiro atoms. The summed E-state index contributed by atoms with van der Waals surface area (Å²) in [5.74, 6) is -0.258. The molecule has 2 aromatic heterocycles. The highest BCUT2D eigenvalue weighted by molar-refractivity contribution is 5.94. The van der Waals surface area contributed by atoms with Crippen LogP contribution in [0.25, 0.3) is 16.8 Å². The van der Waals surface area contributed by atoms with E-state index in [9.17, 15) is 9.18 Å². The molecule has 4 aromatic rings. The van der Waals surface area contributed by atoms with Gasteiger partial charge in [0.1, 0.15) is 5.82 Å². The van der Waals surface area contributed by atoms with Gasteiger partial charge in [-0.1, -0.05) is 48.5 Å². The third kappa shape index (κ3) is 3.07. The molecule has 0 atom stereocenters. The van der Waals surface area contributed by atoms with E-state index < -0.39 is 0 Å². The van der Waals surface area contributed by atoms with E-state index in [4.69, 9.17) is 0 Å². The summed E-state index contributed by atoms with van der Waals surface area (Å²) in [7, 11) is 0. The van der Waals surface area contributed by atoms with Crippen LogP contribution < -0.4 is 5.32 Å². The van der Waals surface area contributed by atoms with Crippen molar-refractivity contribution in [2.75, 3.05) is 0 Å². The van der Waals surface area contributed by atoms with E-state index in [1.807, 2.05) is 54.7 Å². The Morgan fingerprint density at radius 2 is 1.69 bits per heavy atom. The van der Waals surface area contributed by atoms with Crippen molar-refractivity contribution in [3.63, 3.8) is 0 Å². The van der Waals surface area contributed by atoms with Crippen molar-refractivity contribution in [3.05, 3.63) is 96.2 Å². The molecular formula is C21H16FN3O. The van der Waals surface area contributed by atoms with Crippen LogP contribution in [0.4, 0.5) is 4.39 Å². The maximum atomic E-state index is 13.0. The molecule has 0 aliphatic heterocycles. The highest BCUT2D eigenvalue weighted by Crippen LogP contribution is 2.24. The van der Waals surface area contributed by atoms with Gasteiger partial charge in [-0.25, -0.2) is 9.37 Å². The maximum Gasteiger partial charge on any atom is 0.287 e. The number of fused-ring (bicyclic) bond motifs is 1. The molecular weight excluding hydrogens is 329 g/mol. The second-order valence-electron chi connectivity index (χ2n) is 5.92. The maximum absolute atomic E-state index is 13.0. The van der Waals surface area contributed by atoms with Crippen LogP contribution in [-0.4, -0.2) is 15.3 Å². The van der Waals surface area contributed by atoms with Gasteiger partial charge in [0.2, 0.25) is 5.82 Å². The minimum Gasteiger partial charge on any atom is -0.345 e. The molecule has 2 heterocycles. The predicted octanol–water partition coefficient (Wildman–Crippen LogP) is 4.07. The molecule has 0 aliphatic rings. The number of aromatic nitrogens is 2. The Labute approximate surface area is 149 Å². The van der Waals surface area contributed by atoms with E-state index >= 15 is 0 Å². The van der Waals surface area contributed by atoms with E-state index in [1.165, 1.54) is 12.1 Å². The number of benzene rings is 2. The van der Waals surface area contributed by atoms with Gasteiger partial charge in [-0.05, 0) is 29.8 Å². The molecule has 26 heavy (non-hydrogen) atoms. The Kier molecular flexibility index (Phi) is 4.19. The fourth-order valence-electron chi connectivity index (χ4n) is 2.87. The SMILES string of the molecule is O=C(NCc1ccc(F)cc1)c1nc(-c2ccccc2)c2ccccn12. The molecule has 1 amide bonds. The first-order valence-electron chi connectivity index (χ1n) is 8.27. The highest BCUT2D eigenvalue weighted by atomic mass is 19.1. The number of rotatable bonds is 4. The van der Waals surface area contributed by atoms with Crippen molar-refractivity contribution >= 4 is 11.4 Å². The fourth-order valence-corrected chi connectivity index (χ4v) is 2.87. The molecule has 4 rings (SSSR count). The lowest BCUT2D eigenvalue weighted by Crippen LogP contribution is -2.25. The Morgan fingerprint density at radius 1 is 0.962 bits per heavy atom. The molecule has 0 unspecified atom stereocenters. The first-order valence-corrected chi connectivity index (χ1v) is 8.27. The lowest BCUT2D eigenvalue weighted by Gasteiger charge is -2.04. The zero-order valence-corrected chi connectivity index (χ0v) is 13.9. The second kappa shape index (κ2) is 6.80. The van der Waals surface area contributed by atoms with Crippen molar-refractivity contribution < 1.29 is 9.18 Å². The third-order valence-corrected chi connectivity index (χ3v) is 4.17. The minimum atomic E-state index is -0.299. The van der Waals surface area contributed by atoms with E-state index in [2.05, 4.69) is 10.3 Å². The Hall–Kier alpha value is -3.47. The number of hydrogen-bond acceptors (Lipinski definition) is 2. The molecule has 1 N–H and O–H groups in total. The third-order valence-electron chi connectivity index (χ3n) is 4.17. The first-order chi connectivity index (χ1) is 12.7. The van der Waals surface area contributed by atoms with Crippen molar-refractivity contribution in [2.45, 2.75) is 6.54 Å². The number of pyridine rings is 1. The number of carbonyl (C=O) groups excluding carboxylic acids is 1. The normalized spacial score (nSPS) is 10.8. The van der Waals surface area contributed by atoms with Gasteiger partial charge < -0.3 is 5.32 Å². The van der Waals surface area contributed by atoms with Gasteiger partial charge in [-0.15, -0.1) is 0 Å². The van der Waals surface area contributed by atoms with Crippen molar-refractivity contribution in [3.8, 4) is 11.3 Å². The highest BCUT2D eigenvalue weighted by Gasteiger charge is 2.17. The number of hydrogen-bond donors (Lipinski definition) is 1. The van der Waals surface area contributed by atoms with E-state index in [-0.39, 0.29) is 11.7 Å². The van der Waals surface area contributed by atoms with Crippen LogP contribution in [0.5, 0.6) is 0 Å². The summed E-state index contributed by atoms with van der Waals surface area (Å²) in [4.78, 5) is 17.3. The van der Waals surface area contributed by atoms with Gasteiger partial charge in [0.05, 0.1) is 11.2 Å². The van der Waals surface area contributed by atoms with Gasteiger partial charge in [0, 0.05) is 18.3 Å². The molecule has 0 fully saturated rings. The van der Waals surface area contributed by atoms with E-state index in [1.54, 1.807) is 16.5 Å². The molecule has 128 valence electrons. The van der Waals surface area contributed by atoms with Crippen LogP contribution in [-0.2, 0) is 6.54 Å². The average Bonchev–Trinajstić information content (AvgIpc) is 3.08. The number of amides is 1. The quantitative estimate of drug-likeness (QED) is 0.606. The molecule has 0 aliphatic carbocycles. The van der Waals surface area contributed by atoms with Crippen LogP contribution in [0.3, 0.4) is 0 Å². The molecule has 0 saturated heterocycles. The zero-order chi connectivity index (χ0) is 17.9. The number of halogens is 1. The van der Waals surface area contributed by atoms with E-state index in [0.717, 1.165) is 22.3 Å². The summed E-state index contributed by atoms with van der Waals surface area (Å²) >= 11 is 0. The smallest absolute Gasteiger partial charge is 0.287 e. The van der Waals surface area contributed by atoms with Crippen LogP contribution in [0.15, 0.2) is 79.0 Å². The summed E-state index contributed by atoms with van der Waals surface area (Å²) in [5, 5.41) is 2.85. The van der Waals surface area contributed by atoms with Crippen molar-refractivity contribution in [1.29, 1.82) is 0 Å². The average molecular weight is 345 g/mol. The zero-order valence-electron chi connectivity index (χ0n) is 13.9. The molecule has 5 heteroatoms. The van der Waals surface area contributed by atoms with Crippen LogP contribution >= 0.6 is 0 Å². The Morgan fingerprint density at radius 3 is 2.46 bits per heavy atom. The monoisotopic (exact) mass is 345 g/mol. The van der Waals surface area contributed by atoms with Crippen LogP contribution in [0.1, 0.15) is 16.2 Å². The summed E-state index contributed by atoms with van der Waals surface area (Å²) < 4.78 is 14.8. The molecule has 2 aromatic carbocycles. The van der Waals surface area contributed by atoms with Gasteiger partial charge in [0.15, 0.2) is 0 Å². The van der Waals surface area contributed by atoms with Gasteiger partial charge >= 0.3 is 0 Å². The molecule has 0 bridgehead atoms. The van der Waals surface area contributed by atoms with Crippen molar-refractivity contribution in [2.24, 2.45) is 0 Å². The second-order valence-corrected chi connectivity index (χ2v) is 5.92. The minimum absolute atomic E-state index is 0.280. The Balaban J connectivity index is 1.65. The van der Waals surface area contributed by atoms with Crippen LogP contribution in [0, 0.1) is 5.82 Å². The number of nitrogens with one attached hydrogen (secondary N) is 1. The van der Waals surface area contributed by atoms with Crippen molar-refractivity contribution in [1.82, 2.24) is 14.7 Å². The fraction of sp³-hybridized carbons (Fsp3) is 0.0476. The summed E-state index contributed by atoms with van der Waals surface area (Å²) in [6, 6.07) is 21.5. The molecule has 0 saturated carbocycles. The topological polar surface area (TPSA) is 46.4 Å². The Bertz CT molecular complexity index is 1060.